The summed E-state index contributed by atoms with van der Waals surface area (Å²) in [6, 6.07) is 17.5. The van der Waals surface area contributed by atoms with Crippen LogP contribution in [0, 0.1) is 6.92 Å². The van der Waals surface area contributed by atoms with E-state index in [4.69, 9.17) is 11.6 Å². The van der Waals surface area contributed by atoms with Crippen LogP contribution >= 0.6 is 11.6 Å². The molecular weight excluding hydrogens is 506 g/mol. The number of unbranched alkanes of at least 4 members (excludes halogenated alkanes) is 4. The van der Waals surface area contributed by atoms with E-state index in [-0.39, 0.29) is 10.8 Å². The lowest BCUT2D eigenvalue weighted by atomic mass is 9.76. The summed E-state index contributed by atoms with van der Waals surface area (Å²) in [5.74, 6) is 0. The third-order valence-electron chi connectivity index (χ3n) is 9.06. The molecule has 0 saturated carbocycles. The molecule has 0 bridgehead atoms. The van der Waals surface area contributed by atoms with Crippen molar-refractivity contribution in [2.75, 3.05) is 11.4 Å². The lowest BCUT2D eigenvalue weighted by Crippen LogP contribution is -2.27. The molecule has 0 fully saturated rings. The SMILES string of the molecule is C=C(/C=C/C1=C(Cl)C(=C/C=C2/N(CCCCCCC)c3ccccc3C2(C)C)/CC1)C(C)(C)c1ccccc1C. The Labute approximate surface area is 249 Å². The van der Waals surface area contributed by atoms with Crippen molar-refractivity contribution in [3.63, 3.8) is 0 Å². The molecule has 0 radical (unpaired) electrons. The zero-order chi connectivity index (χ0) is 28.9. The van der Waals surface area contributed by atoms with E-state index in [9.17, 15) is 0 Å². The molecule has 4 rings (SSSR count). The summed E-state index contributed by atoms with van der Waals surface area (Å²) >= 11 is 6.99. The van der Waals surface area contributed by atoms with Gasteiger partial charge in [0.2, 0.25) is 0 Å². The van der Waals surface area contributed by atoms with Gasteiger partial charge in [-0.25, -0.2) is 0 Å². The maximum Gasteiger partial charge on any atom is 0.0470 e. The van der Waals surface area contributed by atoms with Gasteiger partial charge in [-0.15, -0.1) is 0 Å². The Morgan fingerprint density at radius 1 is 0.975 bits per heavy atom. The van der Waals surface area contributed by atoms with E-state index in [0.717, 1.165) is 30.0 Å². The quantitative estimate of drug-likeness (QED) is 0.197. The summed E-state index contributed by atoms with van der Waals surface area (Å²) in [5.41, 5.74) is 10.1. The molecular formula is C38H48ClN. The number of benzene rings is 2. The van der Waals surface area contributed by atoms with Gasteiger partial charge in [0.05, 0.1) is 0 Å². The molecule has 0 aromatic heterocycles. The minimum absolute atomic E-state index is 0.0342. The first kappa shape index (κ1) is 30.2. The summed E-state index contributed by atoms with van der Waals surface area (Å²) in [5, 5.41) is 0.897. The number of aryl methyl sites for hydroxylation is 1. The van der Waals surface area contributed by atoms with E-state index in [1.165, 1.54) is 71.3 Å². The molecule has 2 aliphatic rings. The van der Waals surface area contributed by atoms with Crippen LogP contribution in [0.15, 0.2) is 107 Å². The molecule has 0 saturated heterocycles. The highest BCUT2D eigenvalue weighted by molar-refractivity contribution is 6.33. The highest BCUT2D eigenvalue weighted by Crippen LogP contribution is 2.48. The number of allylic oxidation sites excluding steroid dienone is 9. The summed E-state index contributed by atoms with van der Waals surface area (Å²) < 4.78 is 0. The fourth-order valence-corrected chi connectivity index (χ4v) is 6.61. The summed E-state index contributed by atoms with van der Waals surface area (Å²) in [6.07, 6.45) is 17.4. The highest BCUT2D eigenvalue weighted by atomic mass is 35.5. The van der Waals surface area contributed by atoms with E-state index >= 15 is 0 Å². The van der Waals surface area contributed by atoms with Gasteiger partial charge in [-0.05, 0) is 71.7 Å². The predicted octanol–water partition coefficient (Wildman–Crippen LogP) is 11.3. The molecule has 2 aromatic carbocycles. The van der Waals surface area contributed by atoms with Crippen LogP contribution < -0.4 is 4.90 Å². The van der Waals surface area contributed by atoms with Crippen molar-refractivity contribution in [1.82, 2.24) is 0 Å². The zero-order valence-electron chi connectivity index (χ0n) is 25.6. The van der Waals surface area contributed by atoms with Crippen molar-refractivity contribution in [2.45, 2.75) is 97.3 Å². The number of fused-ring (bicyclic) bond motifs is 1. The van der Waals surface area contributed by atoms with E-state index in [1.54, 1.807) is 0 Å². The monoisotopic (exact) mass is 553 g/mol. The van der Waals surface area contributed by atoms with Crippen molar-refractivity contribution < 1.29 is 0 Å². The number of para-hydroxylation sites is 1. The van der Waals surface area contributed by atoms with Gasteiger partial charge in [0.1, 0.15) is 0 Å². The average Bonchev–Trinajstić information content (AvgIpc) is 3.39. The second-order valence-corrected chi connectivity index (χ2v) is 13.0. The van der Waals surface area contributed by atoms with Gasteiger partial charge in [-0.3, -0.25) is 0 Å². The molecule has 0 unspecified atom stereocenters. The van der Waals surface area contributed by atoms with Gasteiger partial charge >= 0.3 is 0 Å². The van der Waals surface area contributed by atoms with Crippen LogP contribution in [0.3, 0.4) is 0 Å². The van der Waals surface area contributed by atoms with Crippen molar-refractivity contribution in [3.05, 3.63) is 124 Å². The normalized spacial score (nSPS) is 18.9. The average molecular weight is 554 g/mol. The number of hydrogen-bond donors (Lipinski definition) is 0. The van der Waals surface area contributed by atoms with E-state index in [0.29, 0.717) is 0 Å². The molecule has 1 nitrogen and oxygen atoms in total. The van der Waals surface area contributed by atoms with Crippen molar-refractivity contribution in [2.24, 2.45) is 0 Å². The minimum Gasteiger partial charge on any atom is -0.344 e. The Balaban J connectivity index is 1.55. The van der Waals surface area contributed by atoms with E-state index in [1.807, 2.05) is 0 Å². The zero-order valence-corrected chi connectivity index (χ0v) is 26.4. The minimum atomic E-state index is -0.139. The maximum absolute atomic E-state index is 6.99. The van der Waals surface area contributed by atoms with Crippen LogP contribution in [-0.4, -0.2) is 6.54 Å². The third-order valence-corrected chi connectivity index (χ3v) is 9.55. The van der Waals surface area contributed by atoms with Gasteiger partial charge in [0.15, 0.2) is 0 Å². The Morgan fingerprint density at radius 3 is 2.42 bits per heavy atom. The summed E-state index contributed by atoms with van der Waals surface area (Å²) in [6.45, 7) is 19.2. The predicted molar refractivity (Wildman–Crippen MR) is 176 cm³/mol. The number of nitrogens with zero attached hydrogens (tertiary/aromatic N) is 1. The van der Waals surface area contributed by atoms with Gasteiger partial charge < -0.3 is 4.90 Å². The van der Waals surface area contributed by atoms with Gasteiger partial charge in [0, 0.05) is 33.8 Å². The number of anilines is 1. The number of halogens is 1. The molecule has 0 atom stereocenters. The second kappa shape index (κ2) is 12.8. The van der Waals surface area contributed by atoms with Crippen molar-refractivity contribution >= 4 is 17.3 Å². The van der Waals surface area contributed by atoms with Crippen LogP contribution in [0.4, 0.5) is 5.69 Å². The van der Waals surface area contributed by atoms with Crippen LogP contribution in [-0.2, 0) is 10.8 Å². The molecule has 0 amide bonds. The van der Waals surface area contributed by atoms with Crippen LogP contribution in [0.5, 0.6) is 0 Å². The summed E-state index contributed by atoms with van der Waals surface area (Å²) in [4.78, 5) is 2.56. The number of rotatable bonds is 11. The fourth-order valence-electron chi connectivity index (χ4n) is 6.30. The third kappa shape index (κ3) is 6.26. The molecule has 0 spiro atoms. The highest BCUT2D eigenvalue weighted by Gasteiger charge is 2.39. The molecule has 2 aromatic rings. The smallest absolute Gasteiger partial charge is 0.0470 e. The van der Waals surface area contributed by atoms with Gasteiger partial charge in [-0.2, -0.15) is 0 Å². The fraction of sp³-hybridized carbons (Fsp3) is 0.421. The molecule has 1 aliphatic carbocycles. The molecule has 2 heteroatoms. The van der Waals surface area contributed by atoms with Crippen LogP contribution in [0.1, 0.15) is 96.3 Å². The molecule has 0 N–H and O–H groups in total. The summed E-state index contributed by atoms with van der Waals surface area (Å²) in [7, 11) is 0. The Bertz CT molecular complexity index is 1350. The Hall–Kier alpha value is -2.77. The lowest BCUT2D eigenvalue weighted by molar-refractivity contribution is 0.602. The van der Waals surface area contributed by atoms with Gasteiger partial charge in [0.25, 0.3) is 0 Å². The first-order valence-electron chi connectivity index (χ1n) is 15.2. The van der Waals surface area contributed by atoms with Gasteiger partial charge in [-0.1, -0.05) is 139 Å². The largest absolute Gasteiger partial charge is 0.344 e. The molecule has 1 aliphatic heterocycles. The maximum atomic E-state index is 6.99. The topological polar surface area (TPSA) is 3.24 Å². The van der Waals surface area contributed by atoms with Crippen molar-refractivity contribution in [3.8, 4) is 0 Å². The Kier molecular flexibility index (Phi) is 9.68. The Morgan fingerprint density at radius 2 is 1.68 bits per heavy atom. The molecule has 212 valence electrons. The van der Waals surface area contributed by atoms with Crippen LogP contribution in [0.25, 0.3) is 0 Å². The van der Waals surface area contributed by atoms with E-state index < -0.39 is 0 Å². The second-order valence-electron chi connectivity index (χ2n) is 12.6. The lowest BCUT2D eigenvalue weighted by Gasteiger charge is -2.28. The van der Waals surface area contributed by atoms with Crippen molar-refractivity contribution in [1.29, 1.82) is 0 Å². The first-order chi connectivity index (χ1) is 19.1. The number of hydrogen-bond acceptors (Lipinski definition) is 1. The molecule has 1 heterocycles. The molecule has 40 heavy (non-hydrogen) atoms. The first-order valence-corrected chi connectivity index (χ1v) is 15.6. The van der Waals surface area contributed by atoms with Crippen LogP contribution in [0.2, 0.25) is 0 Å². The standard InChI is InChI=1S/C38H48ClN/c1-8-9-10-11-16-27-40-34-20-15-14-19-33(34)38(6,7)35(40)26-25-31-24-23-30(36(31)39)22-21-29(3)37(4,5)32-18-13-12-17-28(32)2/h12-15,17-22,25-26H,3,8-11,16,23-24,27H2,1-2,4-7H3/b22-21+,31-25+,35-26+. The van der Waals surface area contributed by atoms with E-state index in [2.05, 4.69) is 126 Å².